The Morgan fingerprint density at radius 2 is 1.30 bits per heavy atom. The lowest BCUT2D eigenvalue weighted by Crippen LogP contribution is -2.38. The minimum atomic E-state index is -0.770. The first kappa shape index (κ1) is 34.1. The zero-order valence-electron chi connectivity index (χ0n) is 26.1. The molecule has 44 heavy (non-hydrogen) atoms. The van der Waals surface area contributed by atoms with Gasteiger partial charge in [0.25, 0.3) is 0 Å². The molecule has 1 aliphatic carbocycles. The van der Waals surface area contributed by atoms with Crippen molar-refractivity contribution in [3.63, 3.8) is 0 Å². The van der Waals surface area contributed by atoms with Gasteiger partial charge in [0, 0.05) is 11.1 Å². The Labute approximate surface area is 258 Å². The second-order valence-electron chi connectivity index (χ2n) is 11.3. The lowest BCUT2D eigenvalue weighted by molar-refractivity contribution is -0.137. The number of hydrogen-bond donors (Lipinski definition) is 3. The van der Waals surface area contributed by atoms with Crippen LogP contribution in [0.25, 0.3) is 12.2 Å². The summed E-state index contributed by atoms with van der Waals surface area (Å²) >= 11 is 0. The Morgan fingerprint density at radius 3 is 1.80 bits per heavy atom. The van der Waals surface area contributed by atoms with Crippen LogP contribution < -0.4 is 30.4 Å². The number of carbonyl (C=O) groups is 3. The molecule has 0 spiro atoms. The van der Waals surface area contributed by atoms with Crippen LogP contribution in [0.15, 0.2) is 59.4 Å². The molecule has 1 aliphatic rings. The summed E-state index contributed by atoms with van der Waals surface area (Å²) in [5.74, 6) is -0.576. The molecule has 2 aromatic carbocycles. The average Bonchev–Trinajstić information content (AvgIpc) is 3.00. The maximum absolute atomic E-state index is 13.3. The first-order valence-corrected chi connectivity index (χ1v) is 14.5. The van der Waals surface area contributed by atoms with E-state index in [1.807, 2.05) is 27.7 Å². The van der Waals surface area contributed by atoms with Crippen LogP contribution in [0.1, 0.15) is 58.1 Å². The molecule has 0 aliphatic heterocycles. The number of aliphatic hydroxyl groups is 1. The number of carbonyl (C=O) groups excluding carboxylic acids is 3. The van der Waals surface area contributed by atoms with Crippen molar-refractivity contribution in [1.29, 1.82) is 0 Å². The van der Waals surface area contributed by atoms with E-state index in [1.54, 1.807) is 48.6 Å². The summed E-state index contributed by atoms with van der Waals surface area (Å²) in [6.45, 7) is 7.31. The molecule has 1 saturated carbocycles. The van der Waals surface area contributed by atoms with Gasteiger partial charge in [-0.05, 0) is 78.6 Å². The molecule has 0 heterocycles. The average molecular weight is 607 g/mol. The third-order valence-corrected chi connectivity index (χ3v) is 7.30. The number of nitrogens with two attached hydrogens (primary N) is 2. The van der Waals surface area contributed by atoms with Gasteiger partial charge in [0.05, 0.1) is 14.2 Å². The van der Waals surface area contributed by atoms with E-state index in [0.29, 0.717) is 53.0 Å². The highest BCUT2D eigenvalue weighted by molar-refractivity contribution is 6.12. The predicted molar refractivity (Wildman–Crippen MR) is 168 cm³/mol. The van der Waals surface area contributed by atoms with Gasteiger partial charge in [-0.15, -0.1) is 0 Å². The second kappa shape index (κ2) is 15.4. The number of esters is 2. The third-order valence-electron chi connectivity index (χ3n) is 7.30. The molecule has 0 saturated heterocycles. The van der Waals surface area contributed by atoms with Crippen molar-refractivity contribution in [2.45, 2.75) is 59.0 Å². The first-order valence-electron chi connectivity index (χ1n) is 14.5. The number of methoxy groups -OCH3 is 2. The molecule has 5 N–H and O–H groups in total. The fraction of sp³-hybridized carbons (Fsp3) is 0.382. The summed E-state index contributed by atoms with van der Waals surface area (Å²) in [7, 11) is 2.91. The molecule has 2 aromatic rings. The van der Waals surface area contributed by atoms with E-state index < -0.39 is 24.0 Å². The van der Waals surface area contributed by atoms with Crippen molar-refractivity contribution >= 4 is 29.9 Å². The number of Topliss-reactive ketones (excluding diaryl/α,β-unsaturated/α-hetero) is 1. The van der Waals surface area contributed by atoms with E-state index in [1.165, 1.54) is 20.3 Å². The Kier molecular flexibility index (Phi) is 11.9. The van der Waals surface area contributed by atoms with Gasteiger partial charge in [0.2, 0.25) is 0 Å². The van der Waals surface area contributed by atoms with Crippen LogP contribution in [0, 0.1) is 11.8 Å². The molecule has 0 radical (unpaired) electrons. The fourth-order valence-corrected chi connectivity index (χ4v) is 4.36. The maximum Gasteiger partial charge on any atom is 0.328 e. The van der Waals surface area contributed by atoms with Crippen molar-refractivity contribution in [2.24, 2.45) is 23.3 Å². The van der Waals surface area contributed by atoms with Crippen LogP contribution in [0.5, 0.6) is 23.0 Å². The van der Waals surface area contributed by atoms with E-state index in [-0.39, 0.29) is 34.9 Å². The SMILES string of the molecule is COc1cc(/C=C/C(O)=C2\CCC/C(=C\c3ccc(OC(=O)C(N)C(C)C)c(OC)c3)C2=O)ccc1OC(=O)C(N)C(C)C. The molecule has 10 heteroatoms. The highest BCUT2D eigenvalue weighted by Gasteiger charge is 2.25. The molecule has 0 amide bonds. The smallest absolute Gasteiger partial charge is 0.328 e. The summed E-state index contributed by atoms with van der Waals surface area (Å²) < 4.78 is 21.6. The van der Waals surface area contributed by atoms with Gasteiger partial charge in [0.15, 0.2) is 28.8 Å². The number of ether oxygens (including phenoxy) is 4. The third kappa shape index (κ3) is 8.58. The van der Waals surface area contributed by atoms with Crippen molar-refractivity contribution in [3.05, 3.63) is 70.5 Å². The van der Waals surface area contributed by atoms with Gasteiger partial charge in [-0.2, -0.15) is 0 Å². The largest absolute Gasteiger partial charge is 0.508 e. The van der Waals surface area contributed by atoms with Crippen LogP contribution in [0.2, 0.25) is 0 Å². The molecule has 236 valence electrons. The highest BCUT2D eigenvalue weighted by Crippen LogP contribution is 2.33. The van der Waals surface area contributed by atoms with Gasteiger partial charge in [-0.25, -0.2) is 9.59 Å². The summed E-state index contributed by atoms with van der Waals surface area (Å²) in [6, 6.07) is 8.37. The van der Waals surface area contributed by atoms with Gasteiger partial charge in [-0.1, -0.05) is 45.9 Å². The fourth-order valence-electron chi connectivity index (χ4n) is 4.36. The zero-order chi connectivity index (χ0) is 32.6. The summed E-state index contributed by atoms with van der Waals surface area (Å²) in [5, 5.41) is 10.8. The summed E-state index contributed by atoms with van der Waals surface area (Å²) in [4.78, 5) is 37.9. The number of rotatable bonds is 11. The van der Waals surface area contributed by atoms with Crippen molar-refractivity contribution < 1.29 is 38.4 Å². The van der Waals surface area contributed by atoms with E-state index in [4.69, 9.17) is 30.4 Å². The molecular weight excluding hydrogens is 564 g/mol. The minimum Gasteiger partial charge on any atom is -0.508 e. The molecule has 0 bridgehead atoms. The molecule has 2 atom stereocenters. The van der Waals surface area contributed by atoms with Crippen LogP contribution in [0.3, 0.4) is 0 Å². The Balaban J connectivity index is 1.78. The Morgan fingerprint density at radius 1 is 0.795 bits per heavy atom. The van der Waals surface area contributed by atoms with E-state index in [2.05, 4.69) is 0 Å². The van der Waals surface area contributed by atoms with Crippen LogP contribution in [0.4, 0.5) is 0 Å². The standard InChI is InChI=1S/C34H42N2O8/c1-19(2)30(35)33(39)43-26-14-11-21(17-28(26)41-5)10-13-25(37)24-9-7-8-23(32(24)38)16-22-12-15-27(29(18-22)42-6)44-34(40)31(36)20(3)4/h10-20,30-31,37H,7-9,35-36H2,1-6H3/b13-10+,23-16+,25-24-. The lowest BCUT2D eigenvalue weighted by Gasteiger charge is -2.18. The molecule has 2 unspecified atom stereocenters. The number of benzene rings is 2. The van der Waals surface area contributed by atoms with Crippen LogP contribution >= 0.6 is 0 Å². The van der Waals surface area contributed by atoms with E-state index >= 15 is 0 Å². The molecule has 10 nitrogen and oxygen atoms in total. The highest BCUT2D eigenvalue weighted by atomic mass is 16.6. The zero-order valence-corrected chi connectivity index (χ0v) is 26.1. The van der Waals surface area contributed by atoms with Gasteiger partial charge in [-0.3, -0.25) is 4.79 Å². The quantitative estimate of drug-likeness (QED) is 0.135. The normalized spacial score (nSPS) is 17.1. The van der Waals surface area contributed by atoms with Crippen molar-refractivity contribution in [1.82, 2.24) is 0 Å². The Bertz CT molecular complexity index is 1470. The molecular formula is C34H42N2O8. The predicted octanol–water partition coefficient (Wildman–Crippen LogP) is 5.14. The van der Waals surface area contributed by atoms with Crippen LogP contribution in [-0.2, 0) is 14.4 Å². The maximum atomic E-state index is 13.3. The second-order valence-corrected chi connectivity index (χ2v) is 11.3. The molecule has 0 aromatic heterocycles. The van der Waals surface area contributed by atoms with Gasteiger partial charge < -0.3 is 35.5 Å². The van der Waals surface area contributed by atoms with E-state index in [0.717, 1.165) is 0 Å². The number of hydrogen-bond acceptors (Lipinski definition) is 10. The minimum absolute atomic E-state index is 0.0844. The molecule has 3 rings (SSSR count). The summed E-state index contributed by atoms with van der Waals surface area (Å²) in [6.07, 6.45) is 6.48. The number of aliphatic hydroxyl groups excluding tert-OH is 1. The monoisotopic (exact) mass is 606 g/mol. The molecule has 1 fully saturated rings. The van der Waals surface area contributed by atoms with Crippen molar-refractivity contribution in [3.8, 4) is 23.0 Å². The topological polar surface area (TPSA) is 160 Å². The number of allylic oxidation sites excluding steroid dienone is 3. The number of ketones is 1. The Hall–Kier alpha value is -4.41. The van der Waals surface area contributed by atoms with E-state index in [9.17, 15) is 19.5 Å². The first-order chi connectivity index (χ1) is 20.9. The van der Waals surface area contributed by atoms with Gasteiger partial charge >= 0.3 is 11.9 Å². The van der Waals surface area contributed by atoms with Crippen LogP contribution in [-0.4, -0.2) is 49.1 Å². The van der Waals surface area contributed by atoms with Crippen molar-refractivity contribution in [2.75, 3.05) is 14.2 Å². The summed E-state index contributed by atoms with van der Waals surface area (Å²) in [5.41, 5.74) is 13.9. The van der Waals surface area contributed by atoms with Gasteiger partial charge in [0.1, 0.15) is 17.8 Å². The lowest BCUT2D eigenvalue weighted by atomic mass is 9.87.